The Morgan fingerprint density at radius 3 is 2.34 bits per heavy atom. The highest BCUT2D eigenvalue weighted by Gasteiger charge is 2.57. The first kappa shape index (κ1) is 62.6. The minimum atomic E-state index is -1.20. The SMILES string of the molecule is CC[C@H]1C[C@H](C)[C@@]2(NC1=O)O[C@@H](C[C@H](O)[C@@H](C)CC/C=C/C=C(\C)[C@@H]1C/C=C/C=C/C[C@H](C)[C@@H](O)[C@@H](CCC(C)=O)C(=O)N[C@@H](C(C)C)C(=O)N[C@@H](Cc3cccc(O)c3)C(=O)N3CCCC(N3)C(=O)O1)[C@H](C)[C@H](O)[C@@H]2C. The molecule has 4 heterocycles. The van der Waals surface area contributed by atoms with E-state index in [1.165, 1.54) is 24.1 Å². The molecule has 3 fully saturated rings. The largest absolute Gasteiger partial charge is 0.508 e. The molecule has 3 saturated heterocycles. The summed E-state index contributed by atoms with van der Waals surface area (Å²) >= 11 is 0. The number of phenols is 1. The topological polar surface area (TPSA) is 253 Å². The quantitative estimate of drug-likeness (QED) is 0.0697. The standard InChI is InChI=1S/C60H91N5O12/c1-11-44-31-39(7)60(63-55(44)71)42(10)54(70)41(9)51(77-60)34-49(68)36(4)21-16-14-17-22-37(5)50-27-18-13-12-15-23-38(6)53(69)46(29-28-40(8)66)56(72)62-52(35(2)3)57(73)61-48(33-43-24-19-25-45(67)32-43)58(74)65-30-20-26-47(64-65)59(75)76-50/h12-15,17-19,22,24-25,32,35-36,38-39,41-42,44,46-54,64,67-70H,11,16,20-21,23,26-31,33-34H2,1-10H3,(H,61,73)(H,62,72)(H,63,71)/b15-12+,17-14+,18-13+,37-22+/t36-,38-,39-,41-,42-,44-,46+,47?,48-,49-,50-,51-,52-,53+,54-,60+/m0/s1. The number of aromatic hydroxyl groups is 1. The molecule has 77 heavy (non-hydrogen) atoms. The number of hydrazine groups is 1. The summed E-state index contributed by atoms with van der Waals surface area (Å²) in [4.78, 5) is 82.1. The molecule has 5 rings (SSSR count). The predicted molar refractivity (Wildman–Crippen MR) is 294 cm³/mol. The monoisotopic (exact) mass is 1070 g/mol. The van der Waals surface area contributed by atoms with Crippen molar-refractivity contribution in [1.29, 1.82) is 0 Å². The molecule has 0 radical (unpaired) electrons. The highest BCUT2D eigenvalue weighted by Crippen LogP contribution is 2.46. The fourth-order valence-electron chi connectivity index (χ4n) is 11.3. The number of hydrogen-bond acceptors (Lipinski definition) is 13. The van der Waals surface area contributed by atoms with E-state index < -0.39 is 95.8 Å². The van der Waals surface area contributed by atoms with Crippen molar-refractivity contribution in [2.75, 3.05) is 6.54 Å². The number of esters is 1. The van der Waals surface area contributed by atoms with Gasteiger partial charge in [-0.3, -0.25) is 29.0 Å². The molecule has 0 saturated carbocycles. The van der Waals surface area contributed by atoms with Crippen LogP contribution in [0.1, 0.15) is 145 Å². The van der Waals surface area contributed by atoms with Gasteiger partial charge in [0.25, 0.3) is 5.91 Å². The van der Waals surface area contributed by atoms with Crippen LogP contribution in [0.3, 0.4) is 0 Å². The average Bonchev–Trinajstić information content (AvgIpc) is 3.42. The summed E-state index contributed by atoms with van der Waals surface area (Å²) in [7, 11) is 0. The maximum Gasteiger partial charge on any atom is 0.325 e. The Bertz CT molecular complexity index is 2300. The molecule has 16 atom stereocenters. The highest BCUT2D eigenvalue weighted by molar-refractivity contribution is 5.93. The minimum Gasteiger partial charge on any atom is -0.508 e. The van der Waals surface area contributed by atoms with E-state index in [4.69, 9.17) is 9.47 Å². The number of allylic oxidation sites excluding steroid dienone is 6. The molecule has 17 nitrogen and oxygen atoms in total. The maximum atomic E-state index is 14.5. The highest BCUT2D eigenvalue weighted by atomic mass is 16.5. The van der Waals surface area contributed by atoms with Gasteiger partial charge in [0.05, 0.1) is 30.3 Å². The van der Waals surface area contributed by atoms with Crippen LogP contribution in [-0.4, -0.2) is 122 Å². The first-order valence-electron chi connectivity index (χ1n) is 28.3. The summed E-state index contributed by atoms with van der Waals surface area (Å²) in [6, 6.07) is 3.11. The molecular weight excluding hydrogens is 983 g/mol. The lowest BCUT2D eigenvalue weighted by Crippen LogP contribution is -2.71. The number of phenolic OH excluding ortho intramolecular Hbond substituents is 1. The third kappa shape index (κ3) is 16.9. The summed E-state index contributed by atoms with van der Waals surface area (Å²) in [5, 5.41) is 54.9. The zero-order valence-electron chi connectivity index (χ0n) is 47.3. The number of Topliss-reactive ketones (excluding diaryl/α,β-unsaturated/α-hetero) is 1. The maximum absolute atomic E-state index is 14.5. The van der Waals surface area contributed by atoms with Gasteiger partial charge in [0.15, 0.2) is 0 Å². The summed E-state index contributed by atoms with van der Waals surface area (Å²) in [6.07, 6.45) is 14.1. The lowest BCUT2D eigenvalue weighted by Gasteiger charge is -2.56. The van der Waals surface area contributed by atoms with Gasteiger partial charge >= 0.3 is 5.97 Å². The van der Waals surface area contributed by atoms with Crippen LogP contribution in [0.25, 0.3) is 0 Å². The third-order valence-electron chi connectivity index (χ3n) is 16.7. The van der Waals surface area contributed by atoms with Crippen molar-refractivity contribution < 1.29 is 58.7 Å². The zero-order chi connectivity index (χ0) is 56.7. The van der Waals surface area contributed by atoms with Crippen LogP contribution in [0.4, 0.5) is 0 Å². The Morgan fingerprint density at radius 2 is 1.66 bits per heavy atom. The van der Waals surface area contributed by atoms with Gasteiger partial charge in [0.1, 0.15) is 41.5 Å². The smallest absolute Gasteiger partial charge is 0.325 e. The van der Waals surface area contributed by atoms with Crippen LogP contribution in [0.5, 0.6) is 5.75 Å². The van der Waals surface area contributed by atoms with Gasteiger partial charge in [0, 0.05) is 55.9 Å². The van der Waals surface area contributed by atoms with Crippen LogP contribution in [-0.2, 0) is 44.7 Å². The molecule has 4 amide bonds. The molecule has 0 aliphatic carbocycles. The third-order valence-corrected chi connectivity index (χ3v) is 16.7. The van der Waals surface area contributed by atoms with E-state index in [0.717, 1.165) is 12.0 Å². The number of aliphatic hydroxyl groups excluding tert-OH is 3. The predicted octanol–water partition coefficient (Wildman–Crippen LogP) is 6.44. The van der Waals surface area contributed by atoms with E-state index in [1.807, 2.05) is 84.1 Å². The number of ether oxygens (including phenoxy) is 2. The number of rotatable bonds is 15. The van der Waals surface area contributed by atoms with Crippen molar-refractivity contribution in [1.82, 2.24) is 26.4 Å². The second-order valence-corrected chi connectivity index (χ2v) is 23.1. The Balaban J connectivity index is 1.33. The van der Waals surface area contributed by atoms with Crippen molar-refractivity contribution in [3.8, 4) is 5.75 Å². The number of carbonyl (C=O) groups excluding carboxylic acids is 6. The van der Waals surface area contributed by atoms with Gasteiger partial charge in [-0.05, 0) is 106 Å². The fraction of sp³-hybridized carbons (Fsp3) is 0.667. The van der Waals surface area contributed by atoms with Crippen molar-refractivity contribution in [2.45, 2.75) is 201 Å². The number of carbonyl (C=O) groups is 6. The molecule has 1 unspecified atom stereocenters. The number of hydrogen-bond donors (Lipinski definition) is 8. The number of nitrogens with one attached hydrogen (secondary N) is 4. The molecule has 8 N–H and O–H groups in total. The Kier molecular flexibility index (Phi) is 23.7. The molecule has 4 aliphatic heterocycles. The minimum absolute atomic E-state index is 0.0152. The number of amides is 4. The molecular formula is C60H91N5O12. The van der Waals surface area contributed by atoms with E-state index in [2.05, 4.69) is 28.3 Å². The van der Waals surface area contributed by atoms with Gasteiger partial charge in [-0.15, -0.1) is 0 Å². The van der Waals surface area contributed by atoms with Crippen LogP contribution >= 0.6 is 0 Å². The van der Waals surface area contributed by atoms with E-state index >= 15 is 0 Å². The van der Waals surface area contributed by atoms with Crippen molar-refractivity contribution in [3.05, 3.63) is 77.9 Å². The summed E-state index contributed by atoms with van der Waals surface area (Å²) in [5.74, 6) is -5.23. The van der Waals surface area contributed by atoms with Gasteiger partial charge < -0.3 is 50.6 Å². The number of cyclic esters (lactones) is 1. The molecule has 428 valence electrons. The first-order chi connectivity index (χ1) is 36.5. The Hall–Kier alpha value is -5.20. The molecule has 1 aromatic rings. The first-order valence-corrected chi connectivity index (χ1v) is 28.3. The van der Waals surface area contributed by atoms with Crippen molar-refractivity contribution in [3.63, 3.8) is 0 Å². The summed E-state index contributed by atoms with van der Waals surface area (Å²) in [6.45, 7) is 18.7. The Morgan fingerprint density at radius 1 is 0.948 bits per heavy atom. The number of aliphatic hydroxyl groups is 3. The lowest BCUT2D eigenvalue weighted by molar-refractivity contribution is -0.267. The fourth-order valence-corrected chi connectivity index (χ4v) is 11.3. The number of ketones is 1. The van der Waals surface area contributed by atoms with Crippen molar-refractivity contribution in [2.24, 2.45) is 47.3 Å². The second-order valence-electron chi connectivity index (χ2n) is 23.1. The molecule has 2 bridgehead atoms. The van der Waals surface area contributed by atoms with Crippen LogP contribution in [0.2, 0.25) is 0 Å². The zero-order valence-corrected chi connectivity index (χ0v) is 47.3. The summed E-state index contributed by atoms with van der Waals surface area (Å²) < 4.78 is 13.0. The Labute approximate surface area is 457 Å². The van der Waals surface area contributed by atoms with E-state index in [0.29, 0.717) is 56.9 Å². The molecule has 17 heteroatoms. The number of benzene rings is 1. The average molecular weight is 1070 g/mol. The van der Waals surface area contributed by atoms with Crippen LogP contribution in [0, 0.1) is 47.3 Å². The van der Waals surface area contributed by atoms with Crippen LogP contribution < -0.4 is 21.4 Å². The molecule has 4 aliphatic rings. The van der Waals surface area contributed by atoms with Crippen molar-refractivity contribution >= 4 is 35.4 Å². The second kappa shape index (κ2) is 29.1. The molecule has 1 aromatic carbocycles. The number of fused-ring (bicyclic) bond motifs is 2. The van der Waals surface area contributed by atoms with Gasteiger partial charge in [-0.2, -0.15) is 0 Å². The normalized spacial score (nSPS) is 34.3. The van der Waals surface area contributed by atoms with E-state index in [9.17, 15) is 49.2 Å². The van der Waals surface area contributed by atoms with Gasteiger partial charge in [-0.25, -0.2) is 5.43 Å². The lowest BCUT2D eigenvalue weighted by atomic mass is 9.69. The molecule has 0 aromatic heterocycles. The molecule has 1 spiro atoms. The summed E-state index contributed by atoms with van der Waals surface area (Å²) in [5.41, 5.74) is 3.38. The number of piperidine rings is 1. The van der Waals surface area contributed by atoms with E-state index in [1.54, 1.807) is 26.0 Å². The van der Waals surface area contributed by atoms with E-state index in [-0.39, 0.29) is 72.8 Å². The van der Waals surface area contributed by atoms with Gasteiger partial charge in [0.2, 0.25) is 17.7 Å². The van der Waals surface area contributed by atoms with Gasteiger partial charge in [-0.1, -0.05) is 110 Å². The number of nitrogens with zero attached hydrogens (tertiary/aromatic N) is 1. The van der Waals surface area contributed by atoms with Crippen LogP contribution in [0.15, 0.2) is 72.4 Å².